The monoisotopic (exact) mass is 301 g/mol. The summed E-state index contributed by atoms with van der Waals surface area (Å²) >= 11 is 0. The number of rotatable bonds is 4. The summed E-state index contributed by atoms with van der Waals surface area (Å²) in [6, 6.07) is -0.243. The molecule has 0 aromatic rings. The van der Waals surface area contributed by atoms with Crippen LogP contribution in [0, 0.1) is 5.92 Å². The van der Waals surface area contributed by atoms with Crippen LogP contribution in [0.1, 0.15) is 47.0 Å². The molecule has 122 valence electrons. The van der Waals surface area contributed by atoms with Gasteiger partial charge < -0.3 is 19.5 Å². The van der Waals surface area contributed by atoms with E-state index in [1.165, 1.54) is 0 Å². The molecule has 0 aromatic heterocycles. The minimum Gasteiger partial charge on any atom is -0.466 e. The Hall–Kier alpha value is -1.30. The molecule has 1 aliphatic carbocycles. The number of carbonyl (C=O) groups is 2. The average Bonchev–Trinajstić information content (AvgIpc) is 2.36. The van der Waals surface area contributed by atoms with Gasteiger partial charge >= 0.3 is 12.1 Å². The quantitative estimate of drug-likeness (QED) is 0.806. The van der Waals surface area contributed by atoms with Gasteiger partial charge in [0, 0.05) is 7.11 Å². The molecule has 1 amide bonds. The van der Waals surface area contributed by atoms with Gasteiger partial charge in [-0.25, -0.2) is 4.79 Å². The number of methoxy groups -OCH3 is 1. The predicted octanol–water partition coefficient (Wildman–Crippen LogP) is 2.26. The first-order chi connectivity index (χ1) is 9.76. The first-order valence-corrected chi connectivity index (χ1v) is 7.45. The molecule has 0 aliphatic heterocycles. The first-order valence-electron chi connectivity index (χ1n) is 7.45. The molecule has 3 atom stereocenters. The summed E-state index contributed by atoms with van der Waals surface area (Å²) in [5.74, 6) is -0.403. The highest BCUT2D eigenvalue weighted by Crippen LogP contribution is 2.27. The Bertz CT molecular complexity index is 364. The van der Waals surface area contributed by atoms with Crippen molar-refractivity contribution in [2.24, 2.45) is 5.92 Å². The highest BCUT2D eigenvalue weighted by Gasteiger charge is 2.36. The maximum atomic E-state index is 11.9. The fourth-order valence-electron chi connectivity index (χ4n) is 2.51. The lowest BCUT2D eigenvalue weighted by Crippen LogP contribution is -2.50. The lowest BCUT2D eigenvalue weighted by molar-refractivity contribution is -0.150. The van der Waals surface area contributed by atoms with Crippen LogP contribution in [0.15, 0.2) is 0 Å². The van der Waals surface area contributed by atoms with E-state index >= 15 is 0 Å². The third-order valence-electron chi connectivity index (χ3n) is 3.41. The molecule has 1 aliphatic rings. The van der Waals surface area contributed by atoms with Crippen LogP contribution < -0.4 is 5.32 Å². The molecule has 0 spiro atoms. The fraction of sp³-hybridized carbons (Fsp3) is 0.867. The topological polar surface area (TPSA) is 73.9 Å². The molecule has 1 fully saturated rings. The maximum absolute atomic E-state index is 11.9. The molecular weight excluding hydrogens is 274 g/mol. The molecule has 1 unspecified atom stereocenters. The Balaban J connectivity index is 2.62. The minimum absolute atomic E-state index is 0.108. The van der Waals surface area contributed by atoms with E-state index in [9.17, 15) is 9.59 Å². The van der Waals surface area contributed by atoms with Gasteiger partial charge in [0.2, 0.25) is 0 Å². The third kappa shape index (κ3) is 5.91. The lowest BCUT2D eigenvalue weighted by Gasteiger charge is -2.35. The highest BCUT2D eigenvalue weighted by atomic mass is 16.6. The van der Waals surface area contributed by atoms with Gasteiger partial charge in [0.25, 0.3) is 0 Å². The molecule has 1 N–H and O–H groups in total. The number of hydrogen-bond acceptors (Lipinski definition) is 5. The number of amides is 1. The molecule has 0 bridgehead atoms. The molecule has 1 saturated carbocycles. The van der Waals surface area contributed by atoms with Crippen LogP contribution in [0.2, 0.25) is 0 Å². The van der Waals surface area contributed by atoms with Crippen molar-refractivity contribution in [1.82, 2.24) is 5.32 Å². The molecular formula is C15H27NO5. The largest absolute Gasteiger partial charge is 0.466 e. The fourth-order valence-corrected chi connectivity index (χ4v) is 2.51. The highest BCUT2D eigenvalue weighted by molar-refractivity contribution is 5.73. The van der Waals surface area contributed by atoms with E-state index in [4.69, 9.17) is 14.2 Å². The van der Waals surface area contributed by atoms with Gasteiger partial charge in [0.1, 0.15) is 5.60 Å². The summed E-state index contributed by atoms with van der Waals surface area (Å²) in [4.78, 5) is 23.7. The minimum atomic E-state index is -0.554. The Labute approximate surface area is 126 Å². The molecule has 1 rings (SSSR count). The molecule has 6 heteroatoms. The Morgan fingerprint density at radius 2 is 1.90 bits per heavy atom. The summed E-state index contributed by atoms with van der Waals surface area (Å²) in [5.41, 5.74) is -0.554. The SMILES string of the molecule is CCOC(=O)[C@@H]1CC[C@H](OC)C(NC(=O)OC(C)(C)C)C1. The number of carbonyl (C=O) groups excluding carboxylic acids is 2. The Morgan fingerprint density at radius 3 is 2.43 bits per heavy atom. The van der Waals surface area contributed by atoms with E-state index in [0.29, 0.717) is 25.9 Å². The smallest absolute Gasteiger partial charge is 0.407 e. The molecule has 6 nitrogen and oxygen atoms in total. The van der Waals surface area contributed by atoms with Crippen LogP contribution >= 0.6 is 0 Å². The van der Waals surface area contributed by atoms with Crippen molar-refractivity contribution in [1.29, 1.82) is 0 Å². The number of ether oxygens (including phenoxy) is 3. The van der Waals surface area contributed by atoms with E-state index in [0.717, 1.165) is 0 Å². The number of esters is 1. The number of nitrogens with one attached hydrogen (secondary N) is 1. The van der Waals surface area contributed by atoms with Gasteiger partial charge in [-0.2, -0.15) is 0 Å². The van der Waals surface area contributed by atoms with Gasteiger partial charge in [-0.3, -0.25) is 4.79 Å². The van der Waals surface area contributed by atoms with E-state index in [1.807, 2.05) is 20.8 Å². The number of alkyl carbamates (subject to hydrolysis) is 1. The van der Waals surface area contributed by atoms with Gasteiger partial charge in [0.15, 0.2) is 0 Å². The summed E-state index contributed by atoms with van der Waals surface area (Å²) in [6.45, 7) is 7.58. The predicted molar refractivity (Wildman–Crippen MR) is 77.9 cm³/mol. The van der Waals surface area contributed by atoms with Crippen LogP contribution in [0.5, 0.6) is 0 Å². The van der Waals surface area contributed by atoms with E-state index in [2.05, 4.69) is 5.32 Å². The second-order valence-electron chi connectivity index (χ2n) is 6.29. The molecule has 0 radical (unpaired) electrons. The summed E-state index contributed by atoms with van der Waals surface area (Å²) in [6.07, 6.45) is 1.34. The van der Waals surface area contributed by atoms with Crippen molar-refractivity contribution in [3.05, 3.63) is 0 Å². The second kappa shape index (κ2) is 7.64. The standard InChI is InChI=1S/C15H27NO5/c1-6-20-13(17)10-7-8-12(19-5)11(9-10)16-14(18)21-15(2,3)4/h10-12H,6-9H2,1-5H3,(H,16,18)/t10-,11?,12+/m1/s1. The Morgan fingerprint density at radius 1 is 1.24 bits per heavy atom. The molecule has 0 aromatic carbocycles. The van der Waals surface area contributed by atoms with E-state index in [-0.39, 0.29) is 24.0 Å². The van der Waals surface area contributed by atoms with E-state index < -0.39 is 11.7 Å². The van der Waals surface area contributed by atoms with Gasteiger partial charge in [-0.1, -0.05) is 0 Å². The average molecular weight is 301 g/mol. The summed E-state index contributed by atoms with van der Waals surface area (Å²) in [7, 11) is 1.61. The molecule has 0 saturated heterocycles. The van der Waals surface area contributed by atoms with Crippen LogP contribution in [0.25, 0.3) is 0 Å². The van der Waals surface area contributed by atoms with Crippen molar-refractivity contribution in [3.63, 3.8) is 0 Å². The van der Waals surface area contributed by atoms with E-state index in [1.54, 1.807) is 14.0 Å². The van der Waals surface area contributed by atoms with Crippen molar-refractivity contribution >= 4 is 12.1 Å². The van der Waals surface area contributed by atoms with Crippen molar-refractivity contribution < 1.29 is 23.8 Å². The maximum Gasteiger partial charge on any atom is 0.407 e. The van der Waals surface area contributed by atoms with Gasteiger partial charge in [-0.05, 0) is 47.0 Å². The normalized spacial score (nSPS) is 26.0. The van der Waals surface area contributed by atoms with Crippen LogP contribution in [-0.2, 0) is 19.0 Å². The van der Waals surface area contributed by atoms with Crippen LogP contribution in [0.3, 0.4) is 0 Å². The van der Waals surface area contributed by atoms with Crippen molar-refractivity contribution in [2.45, 2.75) is 64.7 Å². The molecule has 0 heterocycles. The third-order valence-corrected chi connectivity index (χ3v) is 3.41. The van der Waals surface area contributed by atoms with Gasteiger partial charge in [0.05, 0.1) is 24.7 Å². The zero-order chi connectivity index (χ0) is 16.0. The summed E-state index contributed by atoms with van der Waals surface area (Å²) in [5, 5.41) is 2.81. The zero-order valence-electron chi connectivity index (χ0n) is 13.6. The second-order valence-corrected chi connectivity index (χ2v) is 6.29. The summed E-state index contributed by atoms with van der Waals surface area (Å²) < 4.78 is 15.7. The first kappa shape index (κ1) is 17.8. The zero-order valence-corrected chi connectivity index (χ0v) is 13.6. The Kier molecular flexibility index (Phi) is 6.45. The lowest BCUT2D eigenvalue weighted by atomic mass is 9.83. The number of hydrogen-bond donors (Lipinski definition) is 1. The van der Waals surface area contributed by atoms with Crippen molar-refractivity contribution in [3.8, 4) is 0 Å². The van der Waals surface area contributed by atoms with Crippen LogP contribution in [-0.4, -0.2) is 43.5 Å². The molecule has 21 heavy (non-hydrogen) atoms. The van der Waals surface area contributed by atoms with Gasteiger partial charge in [-0.15, -0.1) is 0 Å². The van der Waals surface area contributed by atoms with Crippen LogP contribution in [0.4, 0.5) is 4.79 Å². The van der Waals surface area contributed by atoms with Crippen molar-refractivity contribution in [2.75, 3.05) is 13.7 Å².